The molecule has 0 spiro atoms. The van der Waals surface area contributed by atoms with Crippen LogP contribution >= 0.6 is 11.6 Å². The molecule has 0 aromatic carbocycles. The Balaban J connectivity index is 1.76. The minimum absolute atomic E-state index is 0.170. The lowest BCUT2D eigenvalue weighted by Crippen LogP contribution is -2.48. The topological polar surface area (TPSA) is 80.5 Å². The summed E-state index contributed by atoms with van der Waals surface area (Å²) in [6.45, 7) is 6.20. The van der Waals surface area contributed by atoms with Gasteiger partial charge in [0.1, 0.15) is 11.2 Å². The molecule has 130 valence electrons. The zero-order valence-electron chi connectivity index (χ0n) is 13.9. The lowest BCUT2D eigenvalue weighted by Gasteiger charge is -2.37. The molecule has 24 heavy (non-hydrogen) atoms. The quantitative estimate of drug-likeness (QED) is 0.798. The number of hydrogen-bond acceptors (Lipinski definition) is 5. The van der Waals surface area contributed by atoms with Crippen LogP contribution in [0.5, 0.6) is 0 Å². The van der Waals surface area contributed by atoms with Crippen molar-refractivity contribution in [2.24, 2.45) is 0 Å². The van der Waals surface area contributed by atoms with Crippen molar-refractivity contribution in [1.29, 1.82) is 0 Å². The van der Waals surface area contributed by atoms with Gasteiger partial charge in [-0.25, -0.2) is 9.78 Å². The Hall–Kier alpha value is -1.86. The summed E-state index contributed by atoms with van der Waals surface area (Å²) in [5.74, 6) is 0. The van der Waals surface area contributed by atoms with E-state index in [2.05, 4.69) is 9.97 Å². The molecule has 1 N–H and O–H groups in total. The second-order valence-electron chi connectivity index (χ2n) is 6.99. The number of amides is 1. The average Bonchev–Trinajstić information content (AvgIpc) is 2.88. The first kappa shape index (κ1) is 17.0. The number of aromatic nitrogens is 3. The Labute approximate surface area is 145 Å². The molecule has 0 bridgehead atoms. The Morgan fingerprint density at radius 3 is 2.88 bits per heavy atom. The number of hydrogen-bond donors (Lipinski definition) is 1. The highest BCUT2D eigenvalue weighted by molar-refractivity contribution is 6.28. The molecule has 2 aromatic rings. The van der Waals surface area contributed by atoms with Crippen LogP contribution in [0.2, 0.25) is 5.28 Å². The number of aliphatic hydroxyl groups is 1. The van der Waals surface area contributed by atoms with Crippen LogP contribution in [0.25, 0.3) is 11.0 Å². The lowest BCUT2D eigenvalue weighted by molar-refractivity contribution is -0.00941. The molecule has 8 heteroatoms. The number of likely N-dealkylation sites (tertiary alicyclic amines) is 1. The molecule has 1 saturated heterocycles. The molecule has 0 unspecified atom stereocenters. The number of aliphatic hydroxyl groups excluding tert-OH is 1. The summed E-state index contributed by atoms with van der Waals surface area (Å²) in [5, 5.41) is 11.6. The maximum Gasteiger partial charge on any atom is 0.410 e. The van der Waals surface area contributed by atoms with Crippen LogP contribution in [0.3, 0.4) is 0 Å². The second-order valence-corrected chi connectivity index (χ2v) is 7.33. The molecule has 2 aromatic heterocycles. The second kappa shape index (κ2) is 6.22. The van der Waals surface area contributed by atoms with E-state index in [1.165, 1.54) is 0 Å². The SMILES string of the molecule is CC(C)(C)OC(=O)N1CC[C@H](n2ccc3cnc(Cl)nc32)[C@@H](O)C1. The van der Waals surface area contributed by atoms with Gasteiger partial charge in [0.15, 0.2) is 0 Å². The summed E-state index contributed by atoms with van der Waals surface area (Å²) in [6.07, 6.45) is 3.01. The van der Waals surface area contributed by atoms with Gasteiger partial charge in [-0.1, -0.05) is 0 Å². The normalized spacial score (nSPS) is 22.0. The fourth-order valence-corrected chi connectivity index (χ4v) is 3.05. The van der Waals surface area contributed by atoms with Crippen LogP contribution in [-0.2, 0) is 4.74 Å². The van der Waals surface area contributed by atoms with E-state index < -0.39 is 17.8 Å². The summed E-state index contributed by atoms with van der Waals surface area (Å²) < 4.78 is 7.27. The van der Waals surface area contributed by atoms with Crippen LogP contribution in [0.15, 0.2) is 18.5 Å². The number of carbonyl (C=O) groups is 1. The van der Waals surface area contributed by atoms with Gasteiger partial charge in [-0.2, -0.15) is 4.98 Å². The van der Waals surface area contributed by atoms with Crippen LogP contribution in [0.1, 0.15) is 33.2 Å². The van der Waals surface area contributed by atoms with Gasteiger partial charge >= 0.3 is 6.09 Å². The van der Waals surface area contributed by atoms with Gasteiger partial charge < -0.3 is 19.3 Å². The van der Waals surface area contributed by atoms with Crippen LogP contribution in [0, 0.1) is 0 Å². The fourth-order valence-electron chi connectivity index (χ4n) is 2.92. The zero-order valence-corrected chi connectivity index (χ0v) is 14.7. The number of piperidine rings is 1. The average molecular weight is 353 g/mol. The number of nitrogens with zero attached hydrogens (tertiary/aromatic N) is 4. The highest BCUT2D eigenvalue weighted by atomic mass is 35.5. The number of rotatable bonds is 1. The predicted molar refractivity (Wildman–Crippen MR) is 90.0 cm³/mol. The van der Waals surface area contributed by atoms with Crippen molar-refractivity contribution in [1.82, 2.24) is 19.4 Å². The summed E-state index contributed by atoms with van der Waals surface area (Å²) in [4.78, 5) is 21.9. The molecule has 3 rings (SSSR count). The number of carbonyl (C=O) groups excluding carboxylic acids is 1. The van der Waals surface area contributed by atoms with Gasteiger partial charge in [0, 0.05) is 24.3 Å². The molecule has 7 nitrogen and oxygen atoms in total. The van der Waals surface area contributed by atoms with E-state index in [1.807, 2.05) is 37.6 Å². The minimum Gasteiger partial charge on any atom is -0.444 e. The van der Waals surface area contributed by atoms with Gasteiger partial charge in [-0.15, -0.1) is 0 Å². The Morgan fingerprint density at radius 2 is 2.21 bits per heavy atom. The van der Waals surface area contributed by atoms with Crippen LogP contribution in [0.4, 0.5) is 4.79 Å². The van der Waals surface area contributed by atoms with Gasteiger partial charge in [-0.05, 0) is 44.9 Å². The highest BCUT2D eigenvalue weighted by Gasteiger charge is 2.33. The predicted octanol–water partition coefficient (Wildman–Crippen LogP) is 2.63. The third kappa shape index (κ3) is 3.47. The molecule has 0 aliphatic carbocycles. The van der Waals surface area contributed by atoms with E-state index in [-0.39, 0.29) is 17.9 Å². The molecule has 1 amide bonds. The number of halogens is 1. The molecular weight excluding hydrogens is 332 g/mol. The molecule has 2 atom stereocenters. The van der Waals surface area contributed by atoms with Crippen molar-refractivity contribution in [2.75, 3.05) is 13.1 Å². The van der Waals surface area contributed by atoms with Crippen molar-refractivity contribution in [2.45, 2.75) is 44.9 Å². The van der Waals surface area contributed by atoms with Gasteiger partial charge in [0.2, 0.25) is 5.28 Å². The fraction of sp³-hybridized carbons (Fsp3) is 0.562. The van der Waals surface area contributed by atoms with Crippen LogP contribution in [-0.4, -0.2) is 55.4 Å². The van der Waals surface area contributed by atoms with E-state index >= 15 is 0 Å². The first-order chi connectivity index (χ1) is 11.2. The maximum absolute atomic E-state index is 12.2. The summed E-state index contributed by atoms with van der Waals surface area (Å²) >= 11 is 5.88. The summed E-state index contributed by atoms with van der Waals surface area (Å²) in [7, 11) is 0. The number of ether oxygens (including phenoxy) is 1. The standard InChI is InChI=1S/C16H21ClN4O3/c1-16(2,3)24-15(23)20-6-5-11(12(22)9-20)21-7-4-10-8-18-14(17)19-13(10)21/h4,7-8,11-12,22H,5-6,9H2,1-3H3/t11-,12-/m0/s1. The van der Waals surface area contributed by atoms with E-state index in [4.69, 9.17) is 16.3 Å². The molecule has 1 aliphatic rings. The lowest BCUT2D eigenvalue weighted by atomic mass is 10.0. The third-order valence-electron chi connectivity index (χ3n) is 3.98. The Morgan fingerprint density at radius 1 is 1.46 bits per heavy atom. The van der Waals surface area contributed by atoms with Gasteiger partial charge in [-0.3, -0.25) is 0 Å². The summed E-state index contributed by atoms with van der Waals surface area (Å²) in [5.41, 5.74) is 0.133. The van der Waals surface area contributed by atoms with Crippen molar-refractivity contribution in [3.05, 3.63) is 23.7 Å². The van der Waals surface area contributed by atoms with Crippen molar-refractivity contribution >= 4 is 28.7 Å². The first-order valence-corrected chi connectivity index (χ1v) is 8.27. The van der Waals surface area contributed by atoms with E-state index in [9.17, 15) is 9.90 Å². The summed E-state index contributed by atoms with van der Waals surface area (Å²) in [6, 6.07) is 1.71. The van der Waals surface area contributed by atoms with E-state index in [0.29, 0.717) is 18.6 Å². The van der Waals surface area contributed by atoms with Crippen molar-refractivity contribution in [3.8, 4) is 0 Å². The number of fused-ring (bicyclic) bond motifs is 1. The molecule has 1 fully saturated rings. The highest BCUT2D eigenvalue weighted by Crippen LogP contribution is 2.28. The molecule has 3 heterocycles. The molecule has 0 radical (unpaired) electrons. The van der Waals surface area contributed by atoms with Gasteiger partial charge in [0.05, 0.1) is 18.7 Å². The maximum atomic E-state index is 12.2. The first-order valence-electron chi connectivity index (χ1n) is 7.90. The van der Waals surface area contributed by atoms with E-state index in [0.717, 1.165) is 5.39 Å². The van der Waals surface area contributed by atoms with Crippen molar-refractivity contribution < 1.29 is 14.6 Å². The zero-order chi connectivity index (χ0) is 17.5. The molecule has 0 saturated carbocycles. The monoisotopic (exact) mass is 352 g/mol. The molecule has 1 aliphatic heterocycles. The van der Waals surface area contributed by atoms with Crippen LogP contribution < -0.4 is 0 Å². The minimum atomic E-state index is -0.712. The molecular formula is C16H21ClN4O3. The van der Waals surface area contributed by atoms with Gasteiger partial charge in [0.25, 0.3) is 0 Å². The third-order valence-corrected chi connectivity index (χ3v) is 4.16. The largest absolute Gasteiger partial charge is 0.444 e. The van der Waals surface area contributed by atoms with E-state index in [1.54, 1.807) is 11.1 Å². The number of β-amino-alcohol motifs (C(OH)–C–C–N with tert-alkyl or cyclic N) is 1. The Bertz CT molecular complexity index is 755. The smallest absolute Gasteiger partial charge is 0.410 e. The van der Waals surface area contributed by atoms with Crippen molar-refractivity contribution in [3.63, 3.8) is 0 Å². The Kier molecular flexibility index (Phi) is 4.40.